The minimum absolute atomic E-state index is 0.310. The number of benzene rings is 1. The number of nitrogens with one attached hydrogen (secondary N) is 1. The van der Waals surface area contributed by atoms with Crippen LogP contribution in [0, 0.1) is 0 Å². The molecule has 0 saturated carbocycles. The molecule has 0 radical (unpaired) electrons. The molecular weight excluding hydrogens is 282 g/mol. The number of amides is 1. The molecule has 0 bridgehead atoms. The average Bonchev–Trinajstić information content (AvgIpc) is 2.29. The molecule has 1 amide bonds. The standard InChI is InChI=1S/C11H9Cl3N2O/c12-8-3-1-7(2-4-8)5-16-6-9(13)10(14)11(17)15-16/h1-4,6,10H,5H2,(H,15,17). The molecule has 3 nitrogen and oxygen atoms in total. The van der Waals surface area contributed by atoms with Crippen LogP contribution in [0.2, 0.25) is 5.02 Å². The summed E-state index contributed by atoms with van der Waals surface area (Å²) in [5.41, 5.74) is 3.63. The van der Waals surface area contributed by atoms with E-state index in [0.29, 0.717) is 16.6 Å². The molecule has 0 fully saturated rings. The van der Waals surface area contributed by atoms with E-state index in [1.165, 1.54) is 0 Å². The minimum atomic E-state index is -0.807. The number of hydrogen-bond acceptors (Lipinski definition) is 2. The second-order valence-corrected chi connectivity index (χ2v) is 4.92. The summed E-state index contributed by atoms with van der Waals surface area (Å²) in [4.78, 5) is 11.4. The molecule has 1 aromatic carbocycles. The van der Waals surface area contributed by atoms with Crippen molar-refractivity contribution in [2.45, 2.75) is 11.9 Å². The summed E-state index contributed by atoms with van der Waals surface area (Å²) in [6.07, 6.45) is 1.61. The van der Waals surface area contributed by atoms with Crippen LogP contribution in [0.5, 0.6) is 0 Å². The van der Waals surface area contributed by atoms with Crippen molar-refractivity contribution in [3.8, 4) is 0 Å². The number of halogens is 3. The van der Waals surface area contributed by atoms with Gasteiger partial charge in [-0.25, -0.2) is 0 Å². The monoisotopic (exact) mass is 290 g/mol. The Morgan fingerprint density at radius 1 is 1.24 bits per heavy atom. The summed E-state index contributed by atoms with van der Waals surface area (Å²) in [6.45, 7) is 0.503. The average molecular weight is 292 g/mol. The normalized spacial score (nSPS) is 19.9. The third-order valence-corrected chi connectivity index (χ3v) is 3.38. The van der Waals surface area contributed by atoms with E-state index in [9.17, 15) is 4.79 Å². The number of alkyl halides is 1. The van der Waals surface area contributed by atoms with Crippen molar-refractivity contribution in [3.05, 3.63) is 46.1 Å². The van der Waals surface area contributed by atoms with E-state index in [0.717, 1.165) is 5.56 Å². The van der Waals surface area contributed by atoms with E-state index in [1.807, 2.05) is 12.1 Å². The van der Waals surface area contributed by atoms with Crippen LogP contribution >= 0.6 is 34.8 Å². The highest BCUT2D eigenvalue weighted by molar-refractivity contribution is 6.43. The third-order valence-electron chi connectivity index (χ3n) is 2.27. The van der Waals surface area contributed by atoms with Gasteiger partial charge in [-0.1, -0.05) is 35.3 Å². The van der Waals surface area contributed by atoms with Gasteiger partial charge in [-0.3, -0.25) is 15.2 Å². The molecule has 1 aliphatic rings. The van der Waals surface area contributed by atoms with E-state index in [2.05, 4.69) is 5.43 Å². The molecule has 1 N–H and O–H groups in total. The van der Waals surface area contributed by atoms with Crippen molar-refractivity contribution in [2.75, 3.05) is 0 Å². The van der Waals surface area contributed by atoms with Gasteiger partial charge < -0.3 is 0 Å². The van der Waals surface area contributed by atoms with Crippen LogP contribution in [0.4, 0.5) is 0 Å². The summed E-state index contributed by atoms with van der Waals surface area (Å²) in [7, 11) is 0. The molecular formula is C11H9Cl3N2O. The van der Waals surface area contributed by atoms with Crippen molar-refractivity contribution in [1.29, 1.82) is 0 Å². The van der Waals surface area contributed by atoms with E-state index in [1.54, 1.807) is 23.3 Å². The molecule has 0 aliphatic carbocycles. The first-order valence-corrected chi connectivity index (χ1v) is 6.08. The van der Waals surface area contributed by atoms with Crippen LogP contribution in [0.1, 0.15) is 5.56 Å². The zero-order valence-corrected chi connectivity index (χ0v) is 10.9. The van der Waals surface area contributed by atoms with Gasteiger partial charge in [0.25, 0.3) is 5.91 Å². The molecule has 2 rings (SSSR count). The van der Waals surface area contributed by atoms with Gasteiger partial charge in [-0.05, 0) is 17.7 Å². The van der Waals surface area contributed by atoms with Gasteiger partial charge in [-0.2, -0.15) is 0 Å². The molecule has 1 aromatic rings. The molecule has 1 atom stereocenters. The van der Waals surface area contributed by atoms with Gasteiger partial charge in [-0.15, -0.1) is 11.6 Å². The predicted molar refractivity (Wildman–Crippen MR) is 68.7 cm³/mol. The van der Waals surface area contributed by atoms with Gasteiger partial charge in [0.1, 0.15) is 0 Å². The summed E-state index contributed by atoms with van der Waals surface area (Å²) >= 11 is 17.4. The van der Waals surface area contributed by atoms with Crippen LogP contribution in [0.25, 0.3) is 0 Å². The quantitative estimate of drug-likeness (QED) is 0.850. The van der Waals surface area contributed by atoms with Crippen LogP contribution in [0.3, 0.4) is 0 Å². The molecule has 1 aliphatic heterocycles. The highest BCUT2D eigenvalue weighted by Crippen LogP contribution is 2.20. The third kappa shape index (κ3) is 3.06. The number of hydrazine groups is 1. The highest BCUT2D eigenvalue weighted by atomic mass is 35.5. The Labute approximate surface area is 114 Å². The van der Waals surface area contributed by atoms with Gasteiger partial charge >= 0.3 is 0 Å². The first-order chi connectivity index (χ1) is 8.06. The Morgan fingerprint density at radius 2 is 1.88 bits per heavy atom. The fourth-order valence-corrected chi connectivity index (χ4v) is 1.89. The Bertz CT molecular complexity index is 458. The number of carbonyl (C=O) groups excluding carboxylic acids is 1. The van der Waals surface area contributed by atoms with Gasteiger partial charge in [0.15, 0.2) is 5.38 Å². The maximum atomic E-state index is 11.4. The van der Waals surface area contributed by atoms with E-state index in [-0.39, 0.29) is 5.91 Å². The topological polar surface area (TPSA) is 32.3 Å². The molecule has 1 unspecified atom stereocenters. The predicted octanol–water partition coefficient (Wildman–Crippen LogP) is 2.87. The van der Waals surface area contributed by atoms with E-state index in [4.69, 9.17) is 34.8 Å². The second-order valence-electron chi connectivity index (χ2n) is 3.61. The largest absolute Gasteiger partial charge is 0.287 e. The van der Waals surface area contributed by atoms with Crippen molar-refractivity contribution in [1.82, 2.24) is 10.4 Å². The Balaban J connectivity index is 2.10. The number of hydrogen-bond donors (Lipinski definition) is 1. The maximum Gasteiger partial charge on any atom is 0.262 e. The lowest BCUT2D eigenvalue weighted by Crippen LogP contribution is -2.46. The van der Waals surface area contributed by atoms with Gasteiger partial charge in [0, 0.05) is 11.2 Å². The van der Waals surface area contributed by atoms with Crippen molar-refractivity contribution < 1.29 is 4.79 Å². The molecule has 6 heteroatoms. The number of rotatable bonds is 2. The Kier molecular flexibility index (Phi) is 3.82. The van der Waals surface area contributed by atoms with Gasteiger partial charge in [0.2, 0.25) is 0 Å². The van der Waals surface area contributed by atoms with E-state index < -0.39 is 5.38 Å². The summed E-state index contributed by atoms with van der Waals surface area (Å²) in [6, 6.07) is 7.34. The first kappa shape index (κ1) is 12.6. The Morgan fingerprint density at radius 3 is 2.47 bits per heavy atom. The molecule has 17 heavy (non-hydrogen) atoms. The molecule has 90 valence electrons. The maximum absolute atomic E-state index is 11.4. The van der Waals surface area contributed by atoms with Crippen LogP contribution in [-0.4, -0.2) is 16.3 Å². The fourth-order valence-electron chi connectivity index (χ4n) is 1.44. The zero-order valence-electron chi connectivity index (χ0n) is 8.66. The smallest absolute Gasteiger partial charge is 0.262 e. The van der Waals surface area contributed by atoms with E-state index >= 15 is 0 Å². The van der Waals surface area contributed by atoms with Gasteiger partial charge in [0.05, 0.1) is 11.6 Å². The first-order valence-electron chi connectivity index (χ1n) is 4.89. The van der Waals surface area contributed by atoms with Crippen LogP contribution in [-0.2, 0) is 11.3 Å². The second kappa shape index (κ2) is 5.17. The van der Waals surface area contributed by atoms with Crippen LogP contribution in [0.15, 0.2) is 35.5 Å². The lowest BCUT2D eigenvalue weighted by atomic mass is 10.2. The minimum Gasteiger partial charge on any atom is -0.287 e. The molecule has 1 heterocycles. The molecule has 0 aromatic heterocycles. The van der Waals surface area contributed by atoms with Crippen molar-refractivity contribution in [2.24, 2.45) is 0 Å². The number of nitrogens with zero attached hydrogens (tertiary/aromatic N) is 1. The summed E-state index contributed by atoms with van der Waals surface area (Å²) < 4.78 is 0. The summed E-state index contributed by atoms with van der Waals surface area (Å²) in [5, 5.41) is 1.76. The van der Waals surface area contributed by atoms with Crippen molar-refractivity contribution in [3.63, 3.8) is 0 Å². The molecule has 0 saturated heterocycles. The zero-order chi connectivity index (χ0) is 12.4. The SMILES string of the molecule is O=C1NN(Cc2ccc(Cl)cc2)C=C(Cl)C1Cl. The highest BCUT2D eigenvalue weighted by Gasteiger charge is 2.25. The number of carbonyl (C=O) groups is 1. The molecule has 0 spiro atoms. The summed E-state index contributed by atoms with van der Waals surface area (Å²) in [5.74, 6) is -0.326. The Hall–Kier alpha value is -0.900. The van der Waals surface area contributed by atoms with Crippen molar-refractivity contribution >= 4 is 40.7 Å². The lowest BCUT2D eigenvalue weighted by molar-refractivity contribution is -0.124. The fraction of sp³-hybridized carbons (Fsp3) is 0.182. The lowest BCUT2D eigenvalue weighted by Gasteiger charge is -2.27. The van der Waals surface area contributed by atoms with Crippen LogP contribution < -0.4 is 5.43 Å².